The van der Waals surface area contributed by atoms with Gasteiger partial charge in [-0.05, 0) is 43.0 Å². The number of aromatic hydroxyl groups is 1. The zero-order valence-corrected chi connectivity index (χ0v) is 9.91. The first-order chi connectivity index (χ1) is 7.59. The van der Waals surface area contributed by atoms with Crippen LogP contribution in [0.3, 0.4) is 0 Å². The zero-order chi connectivity index (χ0) is 11.7. The van der Waals surface area contributed by atoms with Crippen LogP contribution in [0.25, 0.3) is 11.1 Å². The van der Waals surface area contributed by atoms with Crippen molar-refractivity contribution in [2.75, 3.05) is 0 Å². The maximum atomic E-state index is 10.0. The molecule has 2 aromatic rings. The molecule has 0 saturated heterocycles. The highest BCUT2D eigenvalue weighted by molar-refractivity contribution is 5.72. The Morgan fingerprint density at radius 3 is 2.25 bits per heavy atom. The molecule has 1 nitrogen and oxygen atoms in total. The van der Waals surface area contributed by atoms with Crippen molar-refractivity contribution in [3.63, 3.8) is 0 Å². The summed E-state index contributed by atoms with van der Waals surface area (Å²) in [6.45, 7) is 6.10. The Hall–Kier alpha value is -1.76. The number of para-hydroxylation sites is 1. The van der Waals surface area contributed by atoms with E-state index in [0.29, 0.717) is 5.75 Å². The van der Waals surface area contributed by atoms with Gasteiger partial charge in [-0.3, -0.25) is 0 Å². The molecular formula is C15H16O. The van der Waals surface area contributed by atoms with Gasteiger partial charge in [0.25, 0.3) is 0 Å². The Morgan fingerprint density at radius 2 is 1.56 bits per heavy atom. The van der Waals surface area contributed by atoms with Gasteiger partial charge < -0.3 is 5.11 Å². The number of phenols is 1. The Bertz CT molecular complexity index is 527. The van der Waals surface area contributed by atoms with Crippen molar-refractivity contribution in [3.05, 3.63) is 53.1 Å². The summed E-state index contributed by atoms with van der Waals surface area (Å²) in [5.74, 6) is 0.380. The maximum Gasteiger partial charge on any atom is 0.126 e. The van der Waals surface area contributed by atoms with Gasteiger partial charge in [-0.25, -0.2) is 0 Å². The van der Waals surface area contributed by atoms with Crippen LogP contribution in [0.15, 0.2) is 36.4 Å². The van der Waals surface area contributed by atoms with E-state index in [9.17, 15) is 5.11 Å². The van der Waals surface area contributed by atoms with Gasteiger partial charge in [-0.1, -0.05) is 36.4 Å². The first-order valence-electron chi connectivity index (χ1n) is 5.46. The quantitative estimate of drug-likeness (QED) is 0.758. The molecular weight excluding hydrogens is 196 g/mol. The normalized spacial score (nSPS) is 10.4. The van der Waals surface area contributed by atoms with Gasteiger partial charge in [0.05, 0.1) is 0 Å². The maximum absolute atomic E-state index is 10.0. The predicted molar refractivity (Wildman–Crippen MR) is 67.8 cm³/mol. The molecule has 82 valence electrons. The second kappa shape index (κ2) is 4.01. The van der Waals surface area contributed by atoms with Crippen molar-refractivity contribution in [2.45, 2.75) is 20.8 Å². The van der Waals surface area contributed by atoms with Gasteiger partial charge >= 0.3 is 0 Å². The second-order valence-electron chi connectivity index (χ2n) is 4.27. The lowest BCUT2D eigenvalue weighted by molar-refractivity contribution is 0.473. The second-order valence-corrected chi connectivity index (χ2v) is 4.27. The average Bonchev–Trinajstić information content (AvgIpc) is 2.26. The van der Waals surface area contributed by atoms with Crippen LogP contribution in [0, 0.1) is 20.8 Å². The van der Waals surface area contributed by atoms with E-state index in [2.05, 4.69) is 32.0 Å². The van der Waals surface area contributed by atoms with Gasteiger partial charge in [0, 0.05) is 5.56 Å². The number of aryl methyl sites for hydroxylation is 3. The SMILES string of the molecule is Cc1ccc(-c2cccc(C)c2O)cc1C. The van der Waals surface area contributed by atoms with Crippen LogP contribution in [0.2, 0.25) is 0 Å². The third kappa shape index (κ3) is 1.81. The highest BCUT2D eigenvalue weighted by atomic mass is 16.3. The van der Waals surface area contributed by atoms with E-state index in [1.807, 2.05) is 25.1 Å². The molecule has 0 aliphatic carbocycles. The number of hydrogen-bond donors (Lipinski definition) is 1. The van der Waals surface area contributed by atoms with Crippen molar-refractivity contribution in [3.8, 4) is 16.9 Å². The summed E-state index contributed by atoms with van der Waals surface area (Å²) in [6.07, 6.45) is 0. The molecule has 0 fully saturated rings. The molecule has 0 amide bonds. The van der Waals surface area contributed by atoms with Crippen molar-refractivity contribution in [1.29, 1.82) is 0 Å². The van der Waals surface area contributed by atoms with E-state index in [-0.39, 0.29) is 0 Å². The lowest BCUT2D eigenvalue weighted by Crippen LogP contribution is -1.85. The van der Waals surface area contributed by atoms with Crippen molar-refractivity contribution in [2.24, 2.45) is 0 Å². The Kier molecular flexibility index (Phi) is 2.69. The monoisotopic (exact) mass is 212 g/mol. The summed E-state index contributed by atoms with van der Waals surface area (Å²) in [4.78, 5) is 0. The van der Waals surface area contributed by atoms with E-state index in [4.69, 9.17) is 0 Å². The summed E-state index contributed by atoms with van der Waals surface area (Å²) >= 11 is 0. The number of rotatable bonds is 1. The molecule has 0 aliphatic heterocycles. The minimum Gasteiger partial charge on any atom is -0.507 e. The molecule has 0 aliphatic rings. The molecule has 1 N–H and O–H groups in total. The molecule has 0 radical (unpaired) electrons. The lowest BCUT2D eigenvalue weighted by atomic mass is 9.98. The minimum absolute atomic E-state index is 0.380. The number of phenolic OH excluding ortho intramolecular Hbond substituents is 1. The number of benzene rings is 2. The first kappa shape index (κ1) is 10.7. The molecule has 0 atom stereocenters. The molecule has 0 saturated carbocycles. The summed E-state index contributed by atoms with van der Waals surface area (Å²) in [5.41, 5.74) is 5.41. The molecule has 0 heterocycles. The molecule has 16 heavy (non-hydrogen) atoms. The van der Waals surface area contributed by atoms with E-state index in [1.165, 1.54) is 11.1 Å². The molecule has 0 aromatic heterocycles. The molecule has 0 bridgehead atoms. The number of hydrogen-bond acceptors (Lipinski definition) is 1. The van der Waals surface area contributed by atoms with Gasteiger partial charge in [-0.15, -0.1) is 0 Å². The van der Waals surface area contributed by atoms with Crippen LogP contribution in [0.5, 0.6) is 5.75 Å². The standard InChI is InChI=1S/C15H16O/c1-10-7-8-13(9-12(10)3)14-6-4-5-11(2)15(14)16/h4-9,16H,1-3H3. The highest BCUT2D eigenvalue weighted by Crippen LogP contribution is 2.32. The summed E-state index contributed by atoms with van der Waals surface area (Å²) in [7, 11) is 0. The van der Waals surface area contributed by atoms with Gasteiger partial charge in [-0.2, -0.15) is 0 Å². The van der Waals surface area contributed by atoms with E-state index >= 15 is 0 Å². The minimum atomic E-state index is 0.380. The summed E-state index contributed by atoms with van der Waals surface area (Å²) in [6, 6.07) is 12.1. The highest BCUT2D eigenvalue weighted by Gasteiger charge is 2.06. The van der Waals surface area contributed by atoms with E-state index in [0.717, 1.165) is 16.7 Å². The fourth-order valence-electron chi connectivity index (χ4n) is 1.80. The van der Waals surface area contributed by atoms with Crippen LogP contribution < -0.4 is 0 Å². The topological polar surface area (TPSA) is 20.2 Å². The Labute approximate surface area is 96.4 Å². The Morgan fingerprint density at radius 1 is 0.812 bits per heavy atom. The van der Waals surface area contributed by atoms with E-state index < -0.39 is 0 Å². The molecule has 2 rings (SSSR count). The smallest absolute Gasteiger partial charge is 0.126 e. The molecule has 0 unspecified atom stereocenters. The summed E-state index contributed by atoms with van der Waals surface area (Å²) in [5, 5.41) is 10.0. The molecule has 1 heteroatoms. The third-order valence-electron chi connectivity index (χ3n) is 3.06. The largest absolute Gasteiger partial charge is 0.507 e. The third-order valence-corrected chi connectivity index (χ3v) is 3.06. The van der Waals surface area contributed by atoms with Crippen molar-refractivity contribution < 1.29 is 5.11 Å². The van der Waals surface area contributed by atoms with Gasteiger partial charge in [0.2, 0.25) is 0 Å². The van der Waals surface area contributed by atoms with E-state index in [1.54, 1.807) is 0 Å². The molecule has 0 spiro atoms. The first-order valence-corrected chi connectivity index (χ1v) is 5.46. The van der Waals surface area contributed by atoms with Gasteiger partial charge in [0.15, 0.2) is 0 Å². The zero-order valence-electron chi connectivity index (χ0n) is 9.91. The van der Waals surface area contributed by atoms with Crippen LogP contribution >= 0.6 is 0 Å². The Balaban J connectivity index is 2.59. The van der Waals surface area contributed by atoms with Crippen molar-refractivity contribution in [1.82, 2.24) is 0 Å². The summed E-state index contributed by atoms with van der Waals surface area (Å²) < 4.78 is 0. The fraction of sp³-hybridized carbons (Fsp3) is 0.200. The fourth-order valence-corrected chi connectivity index (χ4v) is 1.80. The lowest BCUT2D eigenvalue weighted by Gasteiger charge is -2.09. The predicted octanol–water partition coefficient (Wildman–Crippen LogP) is 3.98. The van der Waals surface area contributed by atoms with Crippen LogP contribution in [-0.4, -0.2) is 5.11 Å². The van der Waals surface area contributed by atoms with Crippen molar-refractivity contribution >= 4 is 0 Å². The average molecular weight is 212 g/mol. The van der Waals surface area contributed by atoms with Crippen LogP contribution in [-0.2, 0) is 0 Å². The van der Waals surface area contributed by atoms with Gasteiger partial charge in [0.1, 0.15) is 5.75 Å². The molecule has 2 aromatic carbocycles. The van der Waals surface area contributed by atoms with Crippen LogP contribution in [0.4, 0.5) is 0 Å². The van der Waals surface area contributed by atoms with Crippen LogP contribution in [0.1, 0.15) is 16.7 Å².